The molecule has 27 heavy (non-hydrogen) atoms. The van der Waals surface area contributed by atoms with Gasteiger partial charge in [0, 0.05) is 17.9 Å². The van der Waals surface area contributed by atoms with Crippen molar-refractivity contribution in [3.63, 3.8) is 0 Å². The number of ether oxygens (including phenoxy) is 2. The van der Waals surface area contributed by atoms with Crippen LogP contribution >= 0.6 is 34.8 Å². The van der Waals surface area contributed by atoms with E-state index in [1.165, 1.54) is 12.1 Å². The molecule has 2 rings (SSSR count). The number of carbonyl (C=O) groups excluding carboxylic acids is 2. The molecule has 4 nitrogen and oxygen atoms in total. The molecular weight excluding hydrogens is 432 g/mol. The van der Waals surface area contributed by atoms with Gasteiger partial charge in [0.2, 0.25) is 5.82 Å². The Balaban J connectivity index is 1.85. The molecule has 2 aromatic carbocycles. The predicted octanol–water partition coefficient (Wildman–Crippen LogP) is 5.75. The first-order valence-corrected chi connectivity index (χ1v) is 8.52. The number of carbonyl (C=O) groups is 2. The van der Waals surface area contributed by atoms with Crippen molar-refractivity contribution in [3.8, 4) is 11.5 Å². The Kier molecular flexibility index (Phi) is 7.35. The van der Waals surface area contributed by atoms with Crippen LogP contribution in [0.15, 0.2) is 24.3 Å². The maximum atomic E-state index is 13.4. The SMILES string of the molecule is O=C(CCCC(=O)Oc1c(Cl)cc(Cl)cc1Cl)Oc1ccc(F)c(F)c1F. The Hall–Kier alpha value is -1.96. The molecule has 0 heterocycles. The van der Waals surface area contributed by atoms with E-state index in [0.717, 1.165) is 6.07 Å². The van der Waals surface area contributed by atoms with E-state index in [0.29, 0.717) is 6.07 Å². The van der Waals surface area contributed by atoms with Crippen molar-refractivity contribution < 1.29 is 32.2 Å². The van der Waals surface area contributed by atoms with Crippen molar-refractivity contribution in [1.29, 1.82) is 0 Å². The maximum Gasteiger partial charge on any atom is 0.311 e. The van der Waals surface area contributed by atoms with E-state index in [2.05, 4.69) is 4.74 Å². The second-order valence-corrected chi connectivity index (χ2v) is 6.42. The first-order valence-electron chi connectivity index (χ1n) is 7.38. The van der Waals surface area contributed by atoms with Gasteiger partial charge in [0.1, 0.15) is 0 Å². The summed E-state index contributed by atoms with van der Waals surface area (Å²) in [5, 5.41) is 0.333. The maximum absolute atomic E-state index is 13.4. The number of hydrogen-bond donors (Lipinski definition) is 0. The Morgan fingerprint density at radius 1 is 0.852 bits per heavy atom. The molecule has 0 aliphatic carbocycles. The summed E-state index contributed by atoms with van der Waals surface area (Å²) < 4.78 is 48.9. The molecular formula is C17H10Cl3F3O4. The van der Waals surface area contributed by atoms with Crippen LogP contribution in [-0.4, -0.2) is 11.9 Å². The van der Waals surface area contributed by atoms with Gasteiger partial charge in [-0.2, -0.15) is 4.39 Å². The summed E-state index contributed by atoms with van der Waals surface area (Å²) in [5.74, 6) is -7.26. The minimum Gasteiger partial charge on any atom is -0.423 e. The van der Waals surface area contributed by atoms with Gasteiger partial charge in [0.05, 0.1) is 10.0 Å². The summed E-state index contributed by atoms with van der Waals surface area (Å²) in [6.07, 6.45) is -0.508. The highest BCUT2D eigenvalue weighted by Crippen LogP contribution is 2.36. The second kappa shape index (κ2) is 9.30. The third-order valence-electron chi connectivity index (χ3n) is 3.16. The molecule has 0 spiro atoms. The van der Waals surface area contributed by atoms with E-state index in [-0.39, 0.29) is 40.1 Å². The molecule has 0 aliphatic heterocycles. The predicted molar refractivity (Wildman–Crippen MR) is 92.9 cm³/mol. The molecule has 0 saturated heterocycles. The van der Waals surface area contributed by atoms with Gasteiger partial charge in [0.25, 0.3) is 0 Å². The van der Waals surface area contributed by atoms with Crippen molar-refractivity contribution in [2.24, 2.45) is 0 Å². The summed E-state index contributed by atoms with van der Waals surface area (Å²) in [6.45, 7) is 0. The molecule has 0 saturated carbocycles. The molecule has 0 amide bonds. The summed E-state index contributed by atoms with van der Waals surface area (Å²) in [7, 11) is 0. The normalized spacial score (nSPS) is 10.6. The zero-order valence-electron chi connectivity index (χ0n) is 13.3. The minimum absolute atomic E-state index is 0.00814. The highest BCUT2D eigenvalue weighted by atomic mass is 35.5. The van der Waals surface area contributed by atoms with Crippen molar-refractivity contribution in [1.82, 2.24) is 0 Å². The van der Waals surface area contributed by atoms with Crippen molar-refractivity contribution in [3.05, 3.63) is 56.8 Å². The summed E-state index contributed by atoms with van der Waals surface area (Å²) in [6, 6.07) is 4.08. The quantitative estimate of drug-likeness (QED) is 0.326. The Morgan fingerprint density at radius 2 is 1.41 bits per heavy atom. The number of esters is 2. The third kappa shape index (κ3) is 5.76. The van der Waals surface area contributed by atoms with Crippen LogP contribution in [0.3, 0.4) is 0 Å². The van der Waals surface area contributed by atoms with Gasteiger partial charge in [0.15, 0.2) is 23.1 Å². The van der Waals surface area contributed by atoms with Gasteiger partial charge in [-0.25, -0.2) is 8.78 Å². The average molecular weight is 442 g/mol. The molecule has 0 bridgehead atoms. The van der Waals surface area contributed by atoms with E-state index in [1.807, 2.05) is 0 Å². The summed E-state index contributed by atoms with van der Waals surface area (Å²) in [5.41, 5.74) is 0. The molecule has 0 aliphatic rings. The van der Waals surface area contributed by atoms with Gasteiger partial charge in [-0.05, 0) is 30.7 Å². The number of halogens is 6. The van der Waals surface area contributed by atoms with E-state index in [1.54, 1.807) is 0 Å². The van der Waals surface area contributed by atoms with Gasteiger partial charge < -0.3 is 9.47 Å². The molecule has 2 aromatic rings. The van der Waals surface area contributed by atoms with Crippen LogP contribution < -0.4 is 9.47 Å². The lowest BCUT2D eigenvalue weighted by molar-refractivity contribution is -0.136. The molecule has 144 valence electrons. The van der Waals surface area contributed by atoms with Gasteiger partial charge >= 0.3 is 11.9 Å². The monoisotopic (exact) mass is 440 g/mol. The van der Waals surface area contributed by atoms with Gasteiger partial charge in [-0.1, -0.05) is 34.8 Å². The zero-order chi connectivity index (χ0) is 20.1. The topological polar surface area (TPSA) is 52.6 Å². The van der Waals surface area contributed by atoms with Gasteiger partial charge in [-0.15, -0.1) is 0 Å². The lowest BCUT2D eigenvalue weighted by atomic mass is 10.2. The molecule has 0 unspecified atom stereocenters. The Morgan fingerprint density at radius 3 is 2.00 bits per heavy atom. The largest absolute Gasteiger partial charge is 0.423 e. The van der Waals surface area contributed by atoms with Crippen LogP contribution in [0.4, 0.5) is 13.2 Å². The highest BCUT2D eigenvalue weighted by molar-refractivity contribution is 6.40. The molecule has 0 fully saturated rings. The molecule has 0 atom stereocenters. The van der Waals surface area contributed by atoms with Crippen LogP contribution in [0.2, 0.25) is 15.1 Å². The average Bonchev–Trinajstić information content (AvgIpc) is 2.58. The number of hydrogen-bond acceptors (Lipinski definition) is 4. The molecule has 10 heteroatoms. The van der Waals surface area contributed by atoms with Crippen LogP contribution in [0.5, 0.6) is 11.5 Å². The van der Waals surface area contributed by atoms with Crippen LogP contribution in [0.25, 0.3) is 0 Å². The van der Waals surface area contributed by atoms with Crippen molar-refractivity contribution >= 4 is 46.7 Å². The van der Waals surface area contributed by atoms with Crippen LogP contribution in [0.1, 0.15) is 19.3 Å². The minimum atomic E-state index is -1.75. The lowest BCUT2D eigenvalue weighted by Crippen LogP contribution is -2.13. The summed E-state index contributed by atoms with van der Waals surface area (Å²) >= 11 is 17.5. The molecule has 0 N–H and O–H groups in total. The fourth-order valence-electron chi connectivity index (χ4n) is 1.93. The molecule has 0 aromatic heterocycles. The van der Waals surface area contributed by atoms with E-state index in [4.69, 9.17) is 39.5 Å². The molecule has 0 radical (unpaired) electrons. The van der Waals surface area contributed by atoms with Crippen LogP contribution in [-0.2, 0) is 9.59 Å². The Bertz CT molecular complexity index is 867. The summed E-state index contributed by atoms with van der Waals surface area (Å²) in [4.78, 5) is 23.4. The van der Waals surface area contributed by atoms with Gasteiger partial charge in [-0.3, -0.25) is 9.59 Å². The van der Waals surface area contributed by atoms with Crippen molar-refractivity contribution in [2.75, 3.05) is 0 Å². The second-order valence-electron chi connectivity index (χ2n) is 5.17. The Labute approximate surface area is 166 Å². The van der Waals surface area contributed by atoms with E-state index < -0.39 is 35.1 Å². The van der Waals surface area contributed by atoms with Crippen LogP contribution in [0, 0.1) is 17.5 Å². The first-order chi connectivity index (χ1) is 12.7. The number of rotatable bonds is 6. The van der Waals surface area contributed by atoms with E-state index >= 15 is 0 Å². The van der Waals surface area contributed by atoms with E-state index in [9.17, 15) is 22.8 Å². The third-order valence-corrected chi connectivity index (χ3v) is 3.94. The fraction of sp³-hybridized carbons (Fsp3) is 0.176. The fourth-order valence-corrected chi connectivity index (χ4v) is 2.82. The highest BCUT2D eigenvalue weighted by Gasteiger charge is 2.18. The zero-order valence-corrected chi connectivity index (χ0v) is 15.6. The van der Waals surface area contributed by atoms with Crippen molar-refractivity contribution in [2.45, 2.75) is 19.3 Å². The first kappa shape index (κ1) is 21.3. The lowest BCUT2D eigenvalue weighted by Gasteiger charge is -2.09. The number of benzene rings is 2. The smallest absolute Gasteiger partial charge is 0.311 e. The standard InChI is InChI=1S/C17H10Cl3F3O4/c18-8-6-9(19)17(10(20)7-8)27-14(25)3-1-2-13(24)26-12-5-4-11(21)15(22)16(12)23/h4-7H,1-3H2.